The summed E-state index contributed by atoms with van der Waals surface area (Å²) in [5, 5.41) is 5.65. The highest BCUT2D eigenvalue weighted by molar-refractivity contribution is 7.17. The van der Waals surface area contributed by atoms with Crippen molar-refractivity contribution in [2.75, 3.05) is 0 Å². The quantitative estimate of drug-likeness (QED) is 0.855. The van der Waals surface area contributed by atoms with Gasteiger partial charge in [0.2, 0.25) is 0 Å². The van der Waals surface area contributed by atoms with Gasteiger partial charge in [0.15, 0.2) is 0 Å². The lowest BCUT2D eigenvalue weighted by Gasteiger charge is -2.14. The van der Waals surface area contributed by atoms with Crippen molar-refractivity contribution in [1.82, 2.24) is 10.3 Å². The van der Waals surface area contributed by atoms with Crippen molar-refractivity contribution in [1.29, 1.82) is 0 Å². The number of nitrogens with one attached hydrogen (secondary N) is 1. The summed E-state index contributed by atoms with van der Waals surface area (Å²) in [6.07, 6.45) is 4.35. The minimum Gasteiger partial charge on any atom is -0.310 e. The van der Waals surface area contributed by atoms with Crippen molar-refractivity contribution in [3.63, 3.8) is 0 Å². The smallest absolute Gasteiger partial charge is 0.0809 e. The van der Waals surface area contributed by atoms with Gasteiger partial charge < -0.3 is 5.32 Å². The van der Waals surface area contributed by atoms with Crippen molar-refractivity contribution in [3.8, 4) is 0 Å². The first kappa shape index (κ1) is 11.6. The van der Waals surface area contributed by atoms with Crippen molar-refractivity contribution in [2.24, 2.45) is 0 Å². The molecule has 1 N–H and O–H groups in total. The second kappa shape index (κ2) is 5.41. The molecular formula is C13H18N2S. The number of hydrogen-bond donors (Lipinski definition) is 1. The van der Waals surface area contributed by atoms with E-state index >= 15 is 0 Å². The minimum absolute atomic E-state index is 0.624. The third-order valence-electron chi connectivity index (χ3n) is 2.94. The van der Waals surface area contributed by atoms with Crippen LogP contribution in [-0.2, 0) is 6.54 Å². The van der Waals surface area contributed by atoms with E-state index in [4.69, 9.17) is 0 Å². The molecule has 0 fully saturated rings. The van der Waals surface area contributed by atoms with Crippen molar-refractivity contribution in [3.05, 3.63) is 29.3 Å². The zero-order valence-electron chi connectivity index (χ0n) is 9.86. The third kappa shape index (κ3) is 2.60. The molecule has 0 unspecified atom stereocenters. The number of hydrogen-bond acceptors (Lipinski definition) is 3. The van der Waals surface area contributed by atoms with Crippen LogP contribution in [0.2, 0.25) is 0 Å². The fraction of sp³-hybridized carbons (Fsp3) is 0.462. The van der Waals surface area contributed by atoms with Crippen LogP contribution in [0.15, 0.2) is 23.7 Å². The Hall–Kier alpha value is -0.930. The van der Waals surface area contributed by atoms with Gasteiger partial charge in [-0.3, -0.25) is 4.98 Å². The molecule has 2 nitrogen and oxygen atoms in total. The zero-order chi connectivity index (χ0) is 11.4. The van der Waals surface area contributed by atoms with Crippen molar-refractivity contribution >= 4 is 21.6 Å². The van der Waals surface area contributed by atoms with Gasteiger partial charge in [-0.05, 0) is 35.9 Å². The molecule has 2 rings (SSSR count). The Balaban J connectivity index is 2.03. The molecule has 0 saturated heterocycles. The number of aromatic nitrogens is 1. The van der Waals surface area contributed by atoms with Gasteiger partial charge in [0, 0.05) is 18.8 Å². The molecule has 0 amide bonds. The third-order valence-corrected chi connectivity index (χ3v) is 3.79. The lowest BCUT2D eigenvalue weighted by molar-refractivity contribution is 0.484. The summed E-state index contributed by atoms with van der Waals surface area (Å²) in [4.78, 5) is 4.44. The van der Waals surface area contributed by atoms with Crippen LogP contribution in [0.3, 0.4) is 0 Å². The number of thiophene rings is 1. The fourth-order valence-corrected chi connectivity index (χ4v) is 2.63. The second-order valence-corrected chi connectivity index (χ2v) is 4.99. The van der Waals surface area contributed by atoms with Gasteiger partial charge in [-0.2, -0.15) is 0 Å². The molecule has 2 heterocycles. The number of pyridine rings is 1. The van der Waals surface area contributed by atoms with Gasteiger partial charge in [-0.15, -0.1) is 11.3 Å². The monoisotopic (exact) mass is 234 g/mol. The summed E-state index contributed by atoms with van der Waals surface area (Å²) in [5.41, 5.74) is 2.39. The van der Waals surface area contributed by atoms with E-state index in [1.807, 2.05) is 6.20 Å². The SMILES string of the molecule is CCC(CC)NCc1cnc2ccsc2c1. The van der Waals surface area contributed by atoms with Crippen LogP contribution in [0.1, 0.15) is 32.3 Å². The summed E-state index contributed by atoms with van der Waals surface area (Å²) in [7, 11) is 0. The van der Waals surface area contributed by atoms with E-state index in [0.29, 0.717) is 6.04 Å². The molecule has 0 aliphatic heterocycles. The van der Waals surface area contributed by atoms with Crippen LogP contribution in [0.5, 0.6) is 0 Å². The highest BCUT2D eigenvalue weighted by atomic mass is 32.1. The summed E-state index contributed by atoms with van der Waals surface area (Å²) in [6, 6.07) is 4.93. The number of fused-ring (bicyclic) bond motifs is 1. The molecule has 0 aromatic carbocycles. The summed E-state index contributed by atoms with van der Waals surface area (Å²) >= 11 is 1.76. The second-order valence-electron chi connectivity index (χ2n) is 4.04. The van der Waals surface area contributed by atoms with Crippen LogP contribution < -0.4 is 5.32 Å². The topological polar surface area (TPSA) is 24.9 Å². The first-order valence-corrected chi connectivity index (χ1v) is 6.77. The average Bonchev–Trinajstić information content (AvgIpc) is 2.77. The molecule has 0 radical (unpaired) electrons. The minimum atomic E-state index is 0.624. The van der Waals surface area contributed by atoms with Gasteiger partial charge in [0.05, 0.1) is 10.2 Å². The van der Waals surface area contributed by atoms with Crippen LogP contribution in [0, 0.1) is 0 Å². The van der Waals surface area contributed by atoms with Gasteiger partial charge in [0.1, 0.15) is 0 Å². The Morgan fingerprint density at radius 1 is 1.38 bits per heavy atom. The maximum Gasteiger partial charge on any atom is 0.0809 e. The van der Waals surface area contributed by atoms with E-state index in [-0.39, 0.29) is 0 Å². The molecule has 0 saturated carbocycles. The molecule has 2 aromatic heterocycles. The molecule has 0 aliphatic carbocycles. The van der Waals surface area contributed by atoms with Gasteiger partial charge in [0.25, 0.3) is 0 Å². The molecular weight excluding hydrogens is 216 g/mol. The van der Waals surface area contributed by atoms with Gasteiger partial charge >= 0.3 is 0 Å². The average molecular weight is 234 g/mol. The fourth-order valence-electron chi connectivity index (χ4n) is 1.82. The Bertz CT molecular complexity index is 446. The van der Waals surface area contributed by atoms with Crippen molar-refractivity contribution < 1.29 is 0 Å². The van der Waals surface area contributed by atoms with E-state index in [1.165, 1.54) is 23.1 Å². The predicted octanol–water partition coefficient (Wildman–Crippen LogP) is 3.57. The summed E-state index contributed by atoms with van der Waals surface area (Å²) in [5.74, 6) is 0. The molecule has 86 valence electrons. The molecule has 3 heteroatoms. The van der Waals surface area contributed by atoms with Gasteiger partial charge in [-0.25, -0.2) is 0 Å². The summed E-state index contributed by atoms with van der Waals surface area (Å²) in [6.45, 7) is 5.37. The Kier molecular flexibility index (Phi) is 3.91. The Labute approximate surface area is 101 Å². The molecule has 0 aliphatic rings. The first-order valence-electron chi connectivity index (χ1n) is 5.89. The maximum atomic E-state index is 4.44. The predicted molar refractivity (Wildman–Crippen MR) is 70.8 cm³/mol. The lowest BCUT2D eigenvalue weighted by Crippen LogP contribution is -2.26. The van der Waals surface area contributed by atoms with Gasteiger partial charge in [-0.1, -0.05) is 13.8 Å². The van der Waals surface area contributed by atoms with Crippen LogP contribution in [-0.4, -0.2) is 11.0 Å². The molecule has 2 aromatic rings. The molecule has 0 spiro atoms. The molecule has 16 heavy (non-hydrogen) atoms. The first-order chi connectivity index (χ1) is 7.83. The summed E-state index contributed by atoms with van der Waals surface area (Å²) < 4.78 is 1.28. The van der Waals surface area contributed by atoms with Crippen molar-refractivity contribution in [2.45, 2.75) is 39.3 Å². The van der Waals surface area contributed by atoms with Crippen LogP contribution in [0.25, 0.3) is 10.2 Å². The largest absolute Gasteiger partial charge is 0.310 e. The van der Waals surface area contributed by atoms with E-state index in [9.17, 15) is 0 Å². The zero-order valence-corrected chi connectivity index (χ0v) is 10.7. The lowest BCUT2D eigenvalue weighted by atomic mass is 10.1. The maximum absolute atomic E-state index is 4.44. The Morgan fingerprint density at radius 3 is 2.94 bits per heavy atom. The standard InChI is InChI=1S/C13H18N2S/c1-3-11(4-2)14-8-10-7-13-12(15-9-10)5-6-16-13/h5-7,9,11,14H,3-4,8H2,1-2H3. The van der Waals surface area contributed by atoms with Crippen LogP contribution in [0.4, 0.5) is 0 Å². The normalized spacial score (nSPS) is 11.4. The van der Waals surface area contributed by atoms with Crippen LogP contribution >= 0.6 is 11.3 Å². The number of rotatable bonds is 5. The Morgan fingerprint density at radius 2 is 2.19 bits per heavy atom. The highest BCUT2D eigenvalue weighted by Crippen LogP contribution is 2.19. The number of nitrogens with zero attached hydrogens (tertiary/aromatic N) is 1. The van der Waals surface area contributed by atoms with E-state index in [2.05, 4.69) is 41.7 Å². The molecule has 0 bridgehead atoms. The highest BCUT2D eigenvalue weighted by Gasteiger charge is 2.03. The van der Waals surface area contributed by atoms with E-state index < -0.39 is 0 Å². The molecule has 0 atom stereocenters. The van der Waals surface area contributed by atoms with E-state index in [1.54, 1.807) is 11.3 Å². The van der Waals surface area contributed by atoms with E-state index in [0.717, 1.165) is 12.1 Å².